The summed E-state index contributed by atoms with van der Waals surface area (Å²) in [5.41, 5.74) is 6.14. The quantitative estimate of drug-likeness (QED) is 0.771. The van der Waals surface area contributed by atoms with Crippen LogP contribution in [0.2, 0.25) is 0 Å². The molecule has 0 unspecified atom stereocenters. The molecule has 0 amide bonds. The third-order valence-electron chi connectivity index (χ3n) is 2.09. The summed E-state index contributed by atoms with van der Waals surface area (Å²) >= 11 is 0. The van der Waals surface area contributed by atoms with Crippen molar-refractivity contribution in [3.8, 4) is 5.75 Å². The normalized spacial score (nSPS) is 10.9. The Morgan fingerprint density at radius 1 is 1.13 bits per heavy atom. The Balaban J connectivity index is 2.52. The van der Waals surface area contributed by atoms with Gasteiger partial charge in [-0.05, 0) is 11.5 Å². The fourth-order valence-corrected chi connectivity index (χ4v) is 1.48. The Labute approximate surface area is 85.3 Å². The van der Waals surface area contributed by atoms with Crippen molar-refractivity contribution in [3.63, 3.8) is 0 Å². The lowest BCUT2D eigenvalue weighted by Crippen LogP contribution is -2.02. The fourth-order valence-electron chi connectivity index (χ4n) is 1.48. The summed E-state index contributed by atoms with van der Waals surface area (Å²) in [7, 11) is 0. The summed E-state index contributed by atoms with van der Waals surface area (Å²) in [5.74, 6) is 0.0844. The number of ether oxygens (including phenoxy) is 1. The van der Waals surface area contributed by atoms with E-state index >= 15 is 0 Å². The Bertz CT molecular complexity index is 485. The molecule has 2 aromatic carbocycles. The van der Waals surface area contributed by atoms with Crippen molar-refractivity contribution in [2.75, 3.05) is 5.73 Å². The van der Waals surface area contributed by atoms with E-state index in [1.165, 1.54) is 12.1 Å². The number of fused-ring (bicyclic) bond motifs is 1. The number of hydrogen-bond donors (Lipinski definition) is 1. The maximum atomic E-state index is 12.0. The molecule has 0 heterocycles. The Morgan fingerprint density at radius 3 is 2.60 bits per heavy atom. The first kappa shape index (κ1) is 9.71. The number of rotatable bonds is 2. The minimum atomic E-state index is -2.83. The first-order valence-electron chi connectivity index (χ1n) is 4.40. The molecule has 0 spiro atoms. The third-order valence-corrected chi connectivity index (χ3v) is 2.09. The highest BCUT2D eigenvalue weighted by molar-refractivity contribution is 5.94. The molecule has 0 bridgehead atoms. The third kappa shape index (κ3) is 1.98. The van der Waals surface area contributed by atoms with E-state index in [1.54, 1.807) is 6.07 Å². The van der Waals surface area contributed by atoms with Gasteiger partial charge in [-0.25, -0.2) is 0 Å². The number of hydrogen-bond acceptors (Lipinski definition) is 2. The van der Waals surface area contributed by atoms with Crippen molar-refractivity contribution in [1.82, 2.24) is 0 Å². The van der Waals surface area contributed by atoms with E-state index in [4.69, 9.17) is 5.73 Å². The van der Waals surface area contributed by atoms with Gasteiger partial charge in [0, 0.05) is 17.1 Å². The Hall–Kier alpha value is -1.84. The maximum absolute atomic E-state index is 12.0. The first-order chi connectivity index (χ1) is 7.16. The van der Waals surface area contributed by atoms with Gasteiger partial charge < -0.3 is 10.5 Å². The lowest BCUT2D eigenvalue weighted by molar-refractivity contribution is -0.0497. The van der Waals surface area contributed by atoms with Crippen molar-refractivity contribution < 1.29 is 13.5 Å². The molecule has 0 atom stereocenters. The van der Waals surface area contributed by atoms with Crippen molar-refractivity contribution >= 4 is 16.5 Å². The van der Waals surface area contributed by atoms with E-state index in [1.807, 2.05) is 18.2 Å². The highest BCUT2D eigenvalue weighted by Gasteiger charge is 2.06. The maximum Gasteiger partial charge on any atom is 0.387 e. The van der Waals surface area contributed by atoms with Gasteiger partial charge in [-0.15, -0.1) is 0 Å². The number of nitrogens with two attached hydrogens (primary N) is 1. The van der Waals surface area contributed by atoms with E-state index in [0.717, 1.165) is 10.8 Å². The van der Waals surface area contributed by atoms with Crippen LogP contribution < -0.4 is 10.5 Å². The van der Waals surface area contributed by atoms with Gasteiger partial charge in [0.15, 0.2) is 0 Å². The van der Waals surface area contributed by atoms with E-state index in [2.05, 4.69) is 4.74 Å². The lowest BCUT2D eigenvalue weighted by atomic mass is 10.1. The van der Waals surface area contributed by atoms with E-state index in [9.17, 15) is 8.78 Å². The summed E-state index contributed by atoms with van der Waals surface area (Å²) in [5, 5.41) is 1.62. The summed E-state index contributed by atoms with van der Waals surface area (Å²) in [6.07, 6.45) is 0. The van der Waals surface area contributed by atoms with Crippen LogP contribution in [0, 0.1) is 0 Å². The number of halogens is 2. The van der Waals surface area contributed by atoms with Gasteiger partial charge in [0.2, 0.25) is 0 Å². The molecule has 4 heteroatoms. The van der Waals surface area contributed by atoms with Crippen molar-refractivity contribution in [1.29, 1.82) is 0 Å². The van der Waals surface area contributed by atoms with Gasteiger partial charge in [-0.3, -0.25) is 0 Å². The molecular weight excluding hydrogens is 200 g/mol. The summed E-state index contributed by atoms with van der Waals surface area (Å²) in [4.78, 5) is 0. The number of nitrogen functional groups attached to an aromatic ring is 1. The molecule has 0 aliphatic heterocycles. The molecule has 0 aromatic heterocycles. The Morgan fingerprint density at radius 2 is 1.87 bits per heavy atom. The van der Waals surface area contributed by atoms with Crippen molar-refractivity contribution in [2.24, 2.45) is 0 Å². The second-order valence-corrected chi connectivity index (χ2v) is 3.11. The summed E-state index contributed by atoms with van der Waals surface area (Å²) in [6, 6.07) is 10.2. The molecule has 78 valence electrons. The molecule has 2 aromatic rings. The van der Waals surface area contributed by atoms with Crippen LogP contribution in [0.1, 0.15) is 0 Å². The first-order valence-corrected chi connectivity index (χ1v) is 4.40. The second kappa shape index (κ2) is 3.73. The van der Waals surface area contributed by atoms with Gasteiger partial charge in [0.1, 0.15) is 5.75 Å². The van der Waals surface area contributed by atoms with Crippen LogP contribution in [0.4, 0.5) is 14.5 Å². The molecule has 0 aliphatic rings. The number of alkyl halides is 2. The summed E-state index contributed by atoms with van der Waals surface area (Å²) < 4.78 is 28.3. The Kier molecular flexibility index (Phi) is 2.41. The van der Waals surface area contributed by atoms with Crippen LogP contribution in [0.25, 0.3) is 10.8 Å². The molecule has 0 aliphatic carbocycles. The van der Waals surface area contributed by atoms with E-state index in [-0.39, 0.29) is 5.75 Å². The smallest absolute Gasteiger partial charge is 0.387 e. The lowest BCUT2D eigenvalue weighted by Gasteiger charge is -2.07. The largest absolute Gasteiger partial charge is 0.435 e. The second-order valence-electron chi connectivity index (χ2n) is 3.11. The fraction of sp³-hybridized carbons (Fsp3) is 0.0909. The summed E-state index contributed by atoms with van der Waals surface area (Å²) in [6.45, 7) is -2.83. The van der Waals surface area contributed by atoms with Gasteiger partial charge in [-0.1, -0.05) is 24.3 Å². The van der Waals surface area contributed by atoms with Crippen molar-refractivity contribution in [2.45, 2.75) is 6.61 Å². The zero-order valence-electron chi connectivity index (χ0n) is 7.78. The predicted molar refractivity (Wildman–Crippen MR) is 55.0 cm³/mol. The number of benzene rings is 2. The minimum absolute atomic E-state index is 0.0844. The standard InChI is InChI=1S/C11H9F2NO/c12-11(13)15-8-5-7-3-1-2-4-9(7)10(14)6-8/h1-6,11H,14H2. The molecule has 0 saturated heterocycles. The monoisotopic (exact) mass is 209 g/mol. The number of anilines is 1. The molecule has 2 nitrogen and oxygen atoms in total. The minimum Gasteiger partial charge on any atom is -0.435 e. The molecule has 0 fully saturated rings. The molecule has 15 heavy (non-hydrogen) atoms. The van der Waals surface area contributed by atoms with Crippen LogP contribution in [0.15, 0.2) is 36.4 Å². The van der Waals surface area contributed by atoms with Gasteiger partial charge in [0.25, 0.3) is 0 Å². The van der Waals surface area contributed by atoms with Gasteiger partial charge >= 0.3 is 6.61 Å². The zero-order chi connectivity index (χ0) is 10.8. The van der Waals surface area contributed by atoms with Crippen LogP contribution >= 0.6 is 0 Å². The van der Waals surface area contributed by atoms with Crippen LogP contribution in [-0.4, -0.2) is 6.61 Å². The van der Waals surface area contributed by atoms with E-state index in [0.29, 0.717) is 5.69 Å². The predicted octanol–water partition coefficient (Wildman–Crippen LogP) is 3.02. The van der Waals surface area contributed by atoms with Gasteiger partial charge in [-0.2, -0.15) is 8.78 Å². The zero-order valence-corrected chi connectivity index (χ0v) is 7.78. The average molecular weight is 209 g/mol. The molecule has 2 N–H and O–H groups in total. The van der Waals surface area contributed by atoms with E-state index < -0.39 is 6.61 Å². The van der Waals surface area contributed by atoms with Crippen LogP contribution in [-0.2, 0) is 0 Å². The van der Waals surface area contributed by atoms with Gasteiger partial charge in [0.05, 0.1) is 0 Å². The average Bonchev–Trinajstić information content (AvgIpc) is 2.16. The highest BCUT2D eigenvalue weighted by Crippen LogP contribution is 2.27. The van der Waals surface area contributed by atoms with Crippen LogP contribution in [0.3, 0.4) is 0 Å². The molecule has 0 radical (unpaired) electrons. The van der Waals surface area contributed by atoms with Crippen LogP contribution in [0.5, 0.6) is 5.75 Å². The SMILES string of the molecule is Nc1cc(OC(F)F)cc2ccccc12. The molecule has 0 saturated carbocycles. The molecule has 2 rings (SSSR count). The van der Waals surface area contributed by atoms with Crippen molar-refractivity contribution in [3.05, 3.63) is 36.4 Å². The molecular formula is C11H9F2NO. The highest BCUT2D eigenvalue weighted by atomic mass is 19.3. The topological polar surface area (TPSA) is 35.2 Å².